The van der Waals surface area contributed by atoms with E-state index in [2.05, 4.69) is 40.5 Å². The van der Waals surface area contributed by atoms with Crippen LogP contribution in [0.15, 0.2) is 22.9 Å². The standard InChI is InChI=1S/C34H39N9O4S/c1-19(22-8-6-13-42(22)3)46-26-15-25(43-14-10-24(40-43)37-32(44)33(2)17-45-18-33)38-31(39-26)28-20-7-4-11-34(29(20)47-41-28)12-5-9-23-27(34)21(16-35)30(36)48-23/h10,14-15,19,22H,4-9,11-13,17-18,36H2,1-3H3,(H,37,40,44)/t19-,22-,34?/m0/s1. The number of nitriles is 1. The van der Waals surface area contributed by atoms with Crippen molar-refractivity contribution in [2.75, 3.05) is 37.9 Å². The van der Waals surface area contributed by atoms with Gasteiger partial charge in [-0.15, -0.1) is 16.4 Å². The Morgan fingerprint density at radius 1 is 1.25 bits per heavy atom. The summed E-state index contributed by atoms with van der Waals surface area (Å²) in [7, 11) is 2.12. The molecule has 0 bridgehead atoms. The van der Waals surface area contributed by atoms with E-state index in [1.165, 1.54) is 16.2 Å². The normalized spacial score (nSPS) is 23.6. The zero-order valence-corrected chi connectivity index (χ0v) is 28.2. The Hall–Kier alpha value is -4.32. The molecule has 3 atom stereocenters. The predicted molar refractivity (Wildman–Crippen MR) is 178 cm³/mol. The molecular formula is C34H39N9O4S. The first kappa shape index (κ1) is 31.0. The lowest BCUT2D eigenvalue weighted by Gasteiger charge is -2.39. The second kappa shape index (κ2) is 11.7. The molecule has 2 saturated heterocycles. The lowest BCUT2D eigenvalue weighted by molar-refractivity contribution is -0.151. The summed E-state index contributed by atoms with van der Waals surface area (Å²) >= 11 is 1.52. The van der Waals surface area contributed by atoms with Gasteiger partial charge in [-0.3, -0.25) is 9.69 Å². The summed E-state index contributed by atoms with van der Waals surface area (Å²) in [5.41, 5.74) is 8.44. The Morgan fingerprint density at radius 2 is 2.06 bits per heavy atom. The third kappa shape index (κ3) is 4.98. The van der Waals surface area contributed by atoms with Crippen LogP contribution in [0.2, 0.25) is 0 Å². The number of aromatic nitrogens is 5. The number of likely N-dealkylation sites (N-methyl/N-ethyl adjacent to an activating group) is 1. The molecule has 8 rings (SSSR count). The van der Waals surface area contributed by atoms with Crippen LogP contribution in [0.1, 0.15) is 79.7 Å². The molecule has 2 aliphatic heterocycles. The number of carbonyl (C=O) groups excluding carboxylic acids is 1. The third-order valence-corrected chi connectivity index (χ3v) is 11.7. The molecule has 3 N–H and O–H groups in total. The van der Waals surface area contributed by atoms with Crippen molar-refractivity contribution in [2.45, 2.75) is 82.8 Å². The minimum absolute atomic E-state index is 0.116. The average molecular weight is 670 g/mol. The predicted octanol–water partition coefficient (Wildman–Crippen LogP) is 4.63. The fraction of sp³-hybridized carbons (Fsp3) is 0.529. The summed E-state index contributed by atoms with van der Waals surface area (Å²) < 4.78 is 19.6. The van der Waals surface area contributed by atoms with Crippen LogP contribution in [0.3, 0.4) is 0 Å². The van der Waals surface area contributed by atoms with Crippen LogP contribution in [-0.4, -0.2) is 74.7 Å². The van der Waals surface area contributed by atoms with Crippen LogP contribution in [0, 0.1) is 16.7 Å². The van der Waals surface area contributed by atoms with E-state index in [0.717, 1.165) is 74.8 Å². The van der Waals surface area contributed by atoms with E-state index in [1.807, 2.05) is 6.92 Å². The van der Waals surface area contributed by atoms with Crippen molar-refractivity contribution in [3.63, 3.8) is 0 Å². The molecule has 6 heterocycles. The molecule has 1 amide bonds. The first-order chi connectivity index (χ1) is 23.2. The fourth-order valence-corrected chi connectivity index (χ4v) is 9.20. The van der Waals surface area contributed by atoms with Crippen molar-refractivity contribution in [3.8, 4) is 29.3 Å². The summed E-state index contributed by atoms with van der Waals surface area (Å²) in [6.07, 6.45) is 9.07. The van der Waals surface area contributed by atoms with Crippen LogP contribution in [0.5, 0.6) is 5.88 Å². The van der Waals surface area contributed by atoms with Crippen molar-refractivity contribution in [3.05, 3.63) is 45.7 Å². The minimum atomic E-state index is -0.568. The molecule has 4 aliphatic rings. The SMILES string of the molecule is C[C@H](Oc1cc(-n2ccc(NC(=O)C3(C)COC3)n2)nc(-c2noc3c2CCCC32CCCc3sc(N)c(C#N)c32)n1)[C@@H]1CCCN1C. The van der Waals surface area contributed by atoms with Gasteiger partial charge in [0.15, 0.2) is 28.9 Å². The molecule has 48 heavy (non-hydrogen) atoms. The van der Waals surface area contributed by atoms with Crippen LogP contribution in [0.4, 0.5) is 10.8 Å². The fourth-order valence-electron chi connectivity index (χ4n) is 8.04. The highest BCUT2D eigenvalue weighted by molar-refractivity contribution is 7.16. The molecule has 0 aromatic carbocycles. The molecule has 1 unspecified atom stereocenters. The number of anilines is 2. The maximum Gasteiger partial charge on any atom is 0.236 e. The van der Waals surface area contributed by atoms with Crippen molar-refractivity contribution in [1.82, 2.24) is 29.8 Å². The number of hydrogen-bond donors (Lipinski definition) is 2. The molecule has 0 saturated carbocycles. The van der Waals surface area contributed by atoms with Gasteiger partial charge < -0.3 is 25.0 Å². The second-order valence-corrected chi connectivity index (χ2v) is 15.1. The molecule has 0 radical (unpaired) electrons. The highest BCUT2D eigenvalue weighted by Crippen LogP contribution is 2.55. The number of nitrogens with two attached hydrogens (primary N) is 1. The Kier molecular flexibility index (Phi) is 7.54. The van der Waals surface area contributed by atoms with Gasteiger partial charge in [0.25, 0.3) is 0 Å². The molecule has 2 aliphatic carbocycles. The number of ether oxygens (including phenoxy) is 2. The molecular weight excluding hydrogens is 630 g/mol. The number of nitrogens with one attached hydrogen (secondary N) is 1. The van der Waals surface area contributed by atoms with Gasteiger partial charge in [-0.1, -0.05) is 5.16 Å². The molecule has 4 aromatic rings. The van der Waals surface area contributed by atoms with Crippen molar-refractivity contribution >= 4 is 28.1 Å². The van der Waals surface area contributed by atoms with E-state index in [9.17, 15) is 10.1 Å². The first-order valence-corrected chi connectivity index (χ1v) is 17.5. The van der Waals surface area contributed by atoms with E-state index in [1.54, 1.807) is 23.0 Å². The number of aryl methyl sites for hydroxylation is 1. The molecule has 13 nitrogen and oxygen atoms in total. The smallest absolute Gasteiger partial charge is 0.236 e. The van der Waals surface area contributed by atoms with E-state index in [0.29, 0.717) is 52.8 Å². The van der Waals surface area contributed by atoms with Crippen LogP contribution >= 0.6 is 11.3 Å². The van der Waals surface area contributed by atoms with Gasteiger partial charge in [-0.25, -0.2) is 9.67 Å². The Labute approximate surface area is 282 Å². The lowest BCUT2D eigenvalue weighted by atomic mass is 9.63. The highest BCUT2D eigenvalue weighted by Gasteiger charge is 2.49. The molecule has 250 valence electrons. The number of likely N-dealkylation sites (tertiary alicyclic amines) is 1. The summed E-state index contributed by atoms with van der Waals surface area (Å²) in [5, 5.41) is 22.8. The van der Waals surface area contributed by atoms with Gasteiger partial charge in [0.2, 0.25) is 11.8 Å². The van der Waals surface area contributed by atoms with Gasteiger partial charge in [0.1, 0.15) is 17.2 Å². The number of fused-ring (bicyclic) bond motifs is 4. The highest BCUT2D eigenvalue weighted by atomic mass is 32.1. The number of rotatable bonds is 7. The Bertz CT molecular complexity index is 1930. The topological polar surface area (TPSA) is 170 Å². The van der Waals surface area contributed by atoms with E-state index >= 15 is 0 Å². The largest absolute Gasteiger partial charge is 0.473 e. The quantitative estimate of drug-likeness (QED) is 0.281. The number of nitrogen functional groups attached to an aromatic ring is 1. The lowest BCUT2D eigenvalue weighted by Crippen LogP contribution is -2.49. The number of carbonyl (C=O) groups is 1. The van der Waals surface area contributed by atoms with E-state index < -0.39 is 10.8 Å². The summed E-state index contributed by atoms with van der Waals surface area (Å²) in [5.74, 6) is 2.31. The Morgan fingerprint density at radius 3 is 2.79 bits per heavy atom. The third-order valence-electron chi connectivity index (χ3n) is 10.6. The van der Waals surface area contributed by atoms with E-state index in [4.69, 9.17) is 29.7 Å². The zero-order valence-electron chi connectivity index (χ0n) is 27.4. The monoisotopic (exact) mass is 669 g/mol. The molecule has 14 heteroatoms. The molecule has 1 spiro atoms. The maximum absolute atomic E-state index is 12.8. The van der Waals surface area contributed by atoms with Gasteiger partial charge >= 0.3 is 0 Å². The second-order valence-electron chi connectivity index (χ2n) is 13.9. The summed E-state index contributed by atoms with van der Waals surface area (Å²) in [6.45, 7) is 5.74. The average Bonchev–Trinajstić information content (AvgIpc) is 3.86. The van der Waals surface area contributed by atoms with Crippen molar-refractivity contribution in [1.29, 1.82) is 5.26 Å². The van der Waals surface area contributed by atoms with Gasteiger partial charge in [0, 0.05) is 34.8 Å². The number of hydrogen-bond acceptors (Lipinski definition) is 12. The summed E-state index contributed by atoms with van der Waals surface area (Å²) in [4.78, 5) is 26.2. The number of thiophene rings is 1. The number of amides is 1. The summed E-state index contributed by atoms with van der Waals surface area (Å²) in [6, 6.07) is 6.16. The van der Waals surface area contributed by atoms with Gasteiger partial charge in [-0.05, 0) is 84.4 Å². The first-order valence-electron chi connectivity index (χ1n) is 16.7. The van der Waals surface area contributed by atoms with Crippen LogP contribution < -0.4 is 15.8 Å². The molecule has 2 fully saturated rings. The zero-order chi connectivity index (χ0) is 33.2. The van der Waals surface area contributed by atoms with Crippen LogP contribution in [-0.2, 0) is 27.8 Å². The minimum Gasteiger partial charge on any atom is -0.473 e. The maximum atomic E-state index is 12.8. The van der Waals surface area contributed by atoms with Crippen LogP contribution in [0.25, 0.3) is 17.3 Å². The Balaban J connectivity index is 1.19. The van der Waals surface area contributed by atoms with Gasteiger partial charge in [-0.2, -0.15) is 10.2 Å². The van der Waals surface area contributed by atoms with Crippen molar-refractivity contribution in [2.24, 2.45) is 5.41 Å². The van der Waals surface area contributed by atoms with Crippen molar-refractivity contribution < 1.29 is 18.8 Å². The van der Waals surface area contributed by atoms with E-state index in [-0.39, 0.29) is 18.1 Å². The number of nitrogens with zero attached hydrogens (tertiary/aromatic N) is 7. The molecule has 4 aromatic heterocycles. The van der Waals surface area contributed by atoms with Gasteiger partial charge in [0.05, 0.1) is 29.6 Å².